The SMILES string of the molecule is Cc1cc(=O)cc(C(=O)N2CCCC3(CCNCC3)CC2)[nH]1. The van der Waals surface area contributed by atoms with E-state index in [2.05, 4.69) is 10.3 Å². The van der Waals surface area contributed by atoms with Crippen molar-refractivity contribution in [3.8, 4) is 0 Å². The first kappa shape index (κ1) is 15.3. The summed E-state index contributed by atoms with van der Waals surface area (Å²) >= 11 is 0. The lowest BCUT2D eigenvalue weighted by atomic mass is 9.73. The van der Waals surface area contributed by atoms with Crippen molar-refractivity contribution in [1.29, 1.82) is 0 Å². The molecule has 1 aromatic rings. The van der Waals surface area contributed by atoms with Gasteiger partial charge in [-0.15, -0.1) is 0 Å². The number of pyridine rings is 1. The Bertz CT molecular complexity index is 602. The van der Waals surface area contributed by atoms with Gasteiger partial charge in [0, 0.05) is 30.9 Å². The van der Waals surface area contributed by atoms with Gasteiger partial charge in [0.15, 0.2) is 5.43 Å². The van der Waals surface area contributed by atoms with Gasteiger partial charge >= 0.3 is 0 Å². The molecule has 0 aliphatic carbocycles. The predicted molar refractivity (Wildman–Crippen MR) is 86.1 cm³/mol. The number of amides is 1. The molecule has 120 valence electrons. The van der Waals surface area contributed by atoms with E-state index in [1.807, 2.05) is 11.8 Å². The minimum atomic E-state index is -0.107. The third-order valence-electron chi connectivity index (χ3n) is 5.21. The molecule has 1 amide bonds. The number of piperidine rings is 1. The zero-order valence-electron chi connectivity index (χ0n) is 13.3. The number of nitrogens with zero attached hydrogens (tertiary/aromatic N) is 1. The van der Waals surface area contributed by atoms with Crippen LogP contribution in [0, 0.1) is 12.3 Å². The van der Waals surface area contributed by atoms with Gasteiger partial charge in [0.2, 0.25) is 0 Å². The number of rotatable bonds is 1. The largest absolute Gasteiger partial charge is 0.354 e. The maximum atomic E-state index is 12.7. The average molecular weight is 303 g/mol. The summed E-state index contributed by atoms with van der Waals surface area (Å²) in [6.45, 7) is 5.60. The monoisotopic (exact) mass is 303 g/mol. The summed E-state index contributed by atoms with van der Waals surface area (Å²) in [5.41, 5.74) is 1.47. The highest BCUT2D eigenvalue weighted by Gasteiger charge is 2.34. The van der Waals surface area contributed by atoms with Crippen molar-refractivity contribution in [2.45, 2.75) is 39.0 Å². The first-order valence-corrected chi connectivity index (χ1v) is 8.29. The smallest absolute Gasteiger partial charge is 0.270 e. The van der Waals surface area contributed by atoms with Gasteiger partial charge in [-0.25, -0.2) is 0 Å². The average Bonchev–Trinajstić information content (AvgIpc) is 2.69. The highest BCUT2D eigenvalue weighted by Crippen LogP contribution is 2.39. The van der Waals surface area contributed by atoms with E-state index >= 15 is 0 Å². The second-order valence-electron chi connectivity index (χ2n) is 6.81. The van der Waals surface area contributed by atoms with Gasteiger partial charge in [-0.1, -0.05) is 0 Å². The van der Waals surface area contributed by atoms with E-state index in [1.165, 1.54) is 31.4 Å². The van der Waals surface area contributed by atoms with E-state index in [1.54, 1.807) is 0 Å². The van der Waals surface area contributed by atoms with E-state index in [-0.39, 0.29) is 11.3 Å². The highest BCUT2D eigenvalue weighted by atomic mass is 16.2. The van der Waals surface area contributed by atoms with Crippen molar-refractivity contribution in [3.63, 3.8) is 0 Å². The summed E-state index contributed by atoms with van der Waals surface area (Å²) in [5, 5.41) is 3.43. The van der Waals surface area contributed by atoms with Crippen LogP contribution >= 0.6 is 0 Å². The molecule has 0 aromatic carbocycles. The van der Waals surface area contributed by atoms with Crippen LogP contribution in [0.2, 0.25) is 0 Å². The summed E-state index contributed by atoms with van der Waals surface area (Å²) in [7, 11) is 0. The molecule has 2 aliphatic heterocycles. The van der Waals surface area contributed by atoms with Gasteiger partial charge < -0.3 is 15.2 Å². The van der Waals surface area contributed by atoms with Crippen molar-refractivity contribution >= 4 is 5.91 Å². The van der Waals surface area contributed by atoms with Crippen LogP contribution in [0.15, 0.2) is 16.9 Å². The summed E-state index contributed by atoms with van der Waals surface area (Å²) in [6, 6.07) is 2.93. The van der Waals surface area contributed by atoms with Crippen molar-refractivity contribution in [2.75, 3.05) is 26.2 Å². The predicted octanol–water partition coefficient (Wildman–Crippen LogP) is 1.68. The van der Waals surface area contributed by atoms with E-state index in [0.717, 1.165) is 44.7 Å². The molecule has 1 aromatic heterocycles. The van der Waals surface area contributed by atoms with Gasteiger partial charge in [-0.2, -0.15) is 0 Å². The lowest BCUT2D eigenvalue weighted by molar-refractivity contribution is 0.0744. The van der Waals surface area contributed by atoms with Crippen LogP contribution in [0.1, 0.15) is 48.3 Å². The number of hydrogen-bond donors (Lipinski definition) is 2. The van der Waals surface area contributed by atoms with Crippen LogP contribution in [0.25, 0.3) is 0 Å². The number of H-pyrrole nitrogens is 1. The van der Waals surface area contributed by atoms with Gasteiger partial charge in [-0.3, -0.25) is 9.59 Å². The van der Waals surface area contributed by atoms with Gasteiger partial charge in [0.25, 0.3) is 5.91 Å². The van der Waals surface area contributed by atoms with Crippen molar-refractivity contribution in [1.82, 2.24) is 15.2 Å². The lowest BCUT2D eigenvalue weighted by Gasteiger charge is -2.37. The van der Waals surface area contributed by atoms with Gasteiger partial charge in [0.05, 0.1) is 0 Å². The highest BCUT2D eigenvalue weighted by molar-refractivity contribution is 5.92. The Morgan fingerprint density at radius 3 is 2.64 bits per heavy atom. The molecule has 2 N–H and O–H groups in total. The fraction of sp³-hybridized carbons (Fsp3) is 0.647. The number of aryl methyl sites for hydroxylation is 1. The first-order chi connectivity index (χ1) is 10.6. The van der Waals surface area contributed by atoms with Crippen molar-refractivity contribution < 1.29 is 4.79 Å². The molecule has 1 spiro atoms. The molecule has 0 bridgehead atoms. The molecule has 0 saturated carbocycles. The minimum absolute atomic E-state index is 0.0354. The molecule has 0 unspecified atom stereocenters. The molecule has 5 heteroatoms. The quantitative estimate of drug-likeness (QED) is 0.829. The topological polar surface area (TPSA) is 65.2 Å². The van der Waals surface area contributed by atoms with Gasteiger partial charge in [-0.05, 0) is 57.5 Å². The van der Waals surface area contributed by atoms with Crippen LogP contribution in [0.5, 0.6) is 0 Å². The fourth-order valence-electron chi connectivity index (χ4n) is 3.88. The van der Waals surface area contributed by atoms with Crippen molar-refractivity contribution in [2.24, 2.45) is 5.41 Å². The number of aromatic nitrogens is 1. The third-order valence-corrected chi connectivity index (χ3v) is 5.21. The Morgan fingerprint density at radius 2 is 1.91 bits per heavy atom. The molecule has 22 heavy (non-hydrogen) atoms. The minimum Gasteiger partial charge on any atom is -0.354 e. The summed E-state index contributed by atoms with van der Waals surface area (Å²) in [4.78, 5) is 29.2. The number of aromatic amines is 1. The molecule has 0 radical (unpaired) electrons. The number of hydrogen-bond acceptors (Lipinski definition) is 3. The molecule has 5 nitrogen and oxygen atoms in total. The Balaban J connectivity index is 1.72. The molecular formula is C17H25N3O2. The standard InChI is InChI=1S/C17H25N3O2/c1-13-11-14(21)12-15(19-13)16(22)20-9-2-3-17(6-10-20)4-7-18-8-5-17/h11-12,18H,2-10H2,1H3,(H,19,21). The summed E-state index contributed by atoms with van der Waals surface area (Å²) < 4.78 is 0. The Morgan fingerprint density at radius 1 is 1.14 bits per heavy atom. The maximum absolute atomic E-state index is 12.7. The molecule has 3 rings (SSSR count). The van der Waals surface area contributed by atoms with Crippen LogP contribution in [-0.2, 0) is 0 Å². The molecule has 2 fully saturated rings. The molecule has 3 heterocycles. The Labute approximate surface area is 131 Å². The molecule has 2 saturated heterocycles. The summed E-state index contributed by atoms with van der Waals surface area (Å²) in [6.07, 6.45) is 5.79. The lowest BCUT2D eigenvalue weighted by Crippen LogP contribution is -2.38. The van der Waals surface area contributed by atoms with Gasteiger partial charge in [0.1, 0.15) is 5.69 Å². The fourth-order valence-corrected chi connectivity index (χ4v) is 3.88. The zero-order chi connectivity index (χ0) is 15.6. The Hall–Kier alpha value is -1.62. The maximum Gasteiger partial charge on any atom is 0.270 e. The second kappa shape index (κ2) is 6.24. The van der Waals surface area contributed by atoms with Crippen molar-refractivity contribution in [3.05, 3.63) is 33.7 Å². The van der Waals surface area contributed by atoms with E-state index < -0.39 is 0 Å². The Kier molecular flexibility index (Phi) is 4.34. The van der Waals surface area contributed by atoms with E-state index in [9.17, 15) is 9.59 Å². The molecular weight excluding hydrogens is 278 g/mol. The van der Waals surface area contributed by atoms with E-state index in [0.29, 0.717) is 11.1 Å². The normalized spacial score (nSPS) is 21.6. The van der Waals surface area contributed by atoms with Crippen LogP contribution in [-0.4, -0.2) is 42.0 Å². The third kappa shape index (κ3) is 3.24. The molecule has 0 atom stereocenters. The van der Waals surface area contributed by atoms with Crippen LogP contribution in [0.3, 0.4) is 0 Å². The van der Waals surface area contributed by atoms with E-state index in [4.69, 9.17) is 0 Å². The van der Waals surface area contributed by atoms with Crippen LogP contribution in [0.4, 0.5) is 0 Å². The first-order valence-electron chi connectivity index (χ1n) is 8.29. The number of carbonyl (C=O) groups is 1. The second-order valence-corrected chi connectivity index (χ2v) is 6.81. The molecule has 2 aliphatic rings. The zero-order valence-corrected chi connectivity index (χ0v) is 13.3. The van der Waals surface area contributed by atoms with Crippen LogP contribution < -0.4 is 10.7 Å². The number of likely N-dealkylation sites (tertiary alicyclic amines) is 1. The number of carbonyl (C=O) groups excluding carboxylic acids is 1. The number of nitrogens with one attached hydrogen (secondary N) is 2. The summed E-state index contributed by atoms with van der Waals surface area (Å²) in [5.74, 6) is -0.0354.